The highest BCUT2D eigenvalue weighted by Gasteiger charge is 2.31. The van der Waals surface area contributed by atoms with E-state index in [1.165, 1.54) is 0 Å². The zero-order valence-electron chi connectivity index (χ0n) is 15.6. The van der Waals surface area contributed by atoms with Crippen LogP contribution in [0.4, 0.5) is 0 Å². The molecule has 1 aliphatic rings. The Morgan fingerprint density at radius 2 is 2.19 bits per heavy atom. The molecule has 0 N–H and O–H groups in total. The fourth-order valence-electron chi connectivity index (χ4n) is 3.25. The van der Waals surface area contributed by atoms with Gasteiger partial charge in [-0.25, -0.2) is 4.68 Å². The van der Waals surface area contributed by atoms with Crippen molar-refractivity contribution in [2.75, 3.05) is 32.8 Å². The average molecular weight is 369 g/mol. The predicted octanol–water partition coefficient (Wildman–Crippen LogP) is 0.681. The molecule has 3 rings (SSSR count). The summed E-state index contributed by atoms with van der Waals surface area (Å²) in [5.74, 6) is 2.30. The molecule has 0 unspecified atom stereocenters. The minimum atomic E-state index is -0.104. The first-order valence-corrected chi connectivity index (χ1v) is 8.91. The normalized spacial score (nSPS) is 17.1. The maximum atomic E-state index is 13.1. The van der Waals surface area contributed by atoms with Gasteiger partial charge in [0.15, 0.2) is 0 Å². The van der Waals surface area contributed by atoms with Gasteiger partial charge in [-0.15, -0.1) is 17.4 Å². The highest BCUT2D eigenvalue weighted by molar-refractivity contribution is 6.04. The zero-order valence-corrected chi connectivity index (χ0v) is 15.6. The lowest BCUT2D eigenvalue weighted by Gasteiger charge is -2.39. The van der Waals surface area contributed by atoms with Crippen LogP contribution in [0.15, 0.2) is 18.2 Å². The molecule has 1 aromatic carbocycles. The van der Waals surface area contributed by atoms with Crippen LogP contribution in [0.25, 0.3) is 11.0 Å². The van der Waals surface area contributed by atoms with Crippen LogP contribution in [-0.4, -0.2) is 75.5 Å². The fraction of sp³-hybridized carbons (Fsp3) is 0.474. The van der Waals surface area contributed by atoms with Crippen molar-refractivity contribution >= 4 is 22.8 Å². The van der Waals surface area contributed by atoms with Gasteiger partial charge in [-0.05, 0) is 19.1 Å². The monoisotopic (exact) mass is 369 g/mol. The summed E-state index contributed by atoms with van der Waals surface area (Å²) in [6.45, 7) is 3.74. The Kier molecular flexibility index (Phi) is 5.72. The third-order valence-corrected chi connectivity index (χ3v) is 4.73. The summed E-state index contributed by atoms with van der Waals surface area (Å²) in [6, 6.07) is 5.37. The lowest BCUT2D eigenvalue weighted by Crippen LogP contribution is -2.56. The van der Waals surface area contributed by atoms with Crippen LogP contribution >= 0.6 is 0 Å². The molecule has 0 spiro atoms. The van der Waals surface area contributed by atoms with Crippen LogP contribution in [0.1, 0.15) is 23.7 Å². The van der Waals surface area contributed by atoms with Gasteiger partial charge in [0, 0.05) is 39.1 Å². The second-order valence-electron chi connectivity index (χ2n) is 6.58. The van der Waals surface area contributed by atoms with Gasteiger partial charge >= 0.3 is 0 Å². The Labute approximate surface area is 158 Å². The molecule has 1 aromatic heterocycles. The highest BCUT2D eigenvalue weighted by atomic mass is 16.5. The number of carbonyl (C=O) groups is 2. The molecule has 0 bridgehead atoms. The van der Waals surface area contributed by atoms with E-state index >= 15 is 0 Å². The molecule has 8 heteroatoms. The molecule has 0 radical (unpaired) electrons. The number of amides is 2. The molecule has 2 amide bonds. The maximum Gasteiger partial charge on any atom is 0.256 e. The molecule has 1 atom stereocenters. The third kappa shape index (κ3) is 3.93. The molecular formula is C19H23N5O3. The highest BCUT2D eigenvalue weighted by Crippen LogP contribution is 2.20. The van der Waals surface area contributed by atoms with Crippen molar-refractivity contribution < 1.29 is 14.3 Å². The number of carbonyl (C=O) groups excluding carboxylic acids is 2. The van der Waals surface area contributed by atoms with E-state index in [-0.39, 0.29) is 24.5 Å². The summed E-state index contributed by atoms with van der Waals surface area (Å²) in [5.41, 5.74) is 1.94. The number of ether oxygens (including phenoxy) is 1. The summed E-state index contributed by atoms with van der Waals surface area (Å²) in [4.78, 5) is 28.8. The van der Waals surface area contributed by atoms with Crippen LogP contribution in [0, 0.1) is 12.3 Å². The number of fused-ring (bicyclic) bond motifs is 1. The van der Waals surface area contributed by atoms with E-state index in [4.69, 9.17) is 11.2 Å². The predicted molar refractivity (Wildman–Crippen MR) is 99.9 cm³/mol. The van der Waals surface area contributed by atoms with Gasteiger partial charge in [-0.3, -0.25) is 9.59 Å². The van der Waals surface area contributed by atoms with Crippen LogP contribution in [-0.2, 0) is 16.6 Å². The molecule has 142 valence electrons. The van der Waals surface area contributed by atoms with Crippen molar-refractivity contribution in [3.05, 3.63) is 23.8 Å². The molecular weight excluding hydrogens is 346 g/mol. The molecule has 0 aliphatic carbocycles. The number of aromatic nitrogens is 3. The minimum Gasteiger partial charge on any atom is -0.371 e. The van der Waals surface area contributed by atoms with Crippen molar-refractivity contribution in [3.8, 4) is 12.3 Å². The molecule has 2 heterocycles. The SMILES string of the molecule is C#CCCOCC(=O)N1CCN(C(=O)c2cccc3c2nnn3C)[C@H](C)C1. The van der Waals surface area contributed by atoms with Crippen LogP contribution < -0.4 is 0 Å². The Hall–Kier alpha value is -2.92. The summed E-state index contributed by atoms with van der Waals surface area (Å²) >= 11 is 0. The zero-order chi connectivity index (χ0) is 19.4. The standard InChI is InChI=1S/C19H23N5O3/c1-4-5-11-27-13-17(25)23-9-10-24(14(2)12-23)19(26)15-7-6-8-16-18(15)20-21-22(16)3/h1,6-8,14H,5,9-13H2,2-3H3/t14-/m1/s1. The van der Waals surface area contributed by atoms with Crippen LogP contribution in [0.5, 0.6) is 0 Å². The first-order chi connectivity index (χ1) is 13.0. The number of piperazine rings is 1. The molecule has 0 saturated carbocycles. The van der Waals surface area contributed by atoms with Gasteiger partial charge in [0.05, 0.1) is 17.7 Å². The van der Waals surface area contributed by atoms with Gasteiger partial charge in [0.25, 0.3) is 5.91 Å². The number of aryl methyl sites for hydroxylation is 1. The van der Waals surface area contributed by atoms with E-state index < -0.39 is 0 Å². The van der Waals surface area contributed by atoms with E-state index in [1.807, 2.05) is 19.1 Å². The Balaban J connectivity index is 1.65. The van der Waals surface area contributed by atoms with E-state index in [9.17, 15) is 9.59 Å². The van der Waals surface area contributed by atoms with E-state index in [0.29, 0.717) is 43.7 Å². The summed E-state index contributed by atoms with van der Waals surface area (Å²) < 4.78 is 6.93. The van der Waals surface area contributed by atoms with Crippen LogP contribution in [0.2, 0.25) is 0 Å². The number of terminal acetylenes is 1. The number of benzene rings is 1. The van der Waals surface area contributed by atoms with E-state index in [1.54, 1.807) is 27.6 Å². The maximum absolute atomic E-state index is 13.1. The van der Waals surface area contributed by atoms with Gasteiger partial charge < -0.3 is 14.5 Å². The number of hydrogen-bond donors (Lipinski definition) is 0. The molecule has 1 aliphatic heterocycles. The molecule has 8 nitrogen and oxygen atoms in total. The Bertz CT molecular complexity index is 885. The second kappa shape index (κ2) is 8.18. The molecule has 1 saturated heterocycles. The molecule has 2 aromatic rings. The lowest BCUT2D eigenvalue weighted by atomic mass is 10.1. The summed E-state index contributed by atoms with van der Waals surface area (Å²) in [6.07, 6.45) is 5.65. The van der Waals surface area contributed by atoms with E-state index in [2.05, 4.69) is 16.2 Å². The Morgan fingerprint density at radius 1 is 1.37 bits per heavy atom. The van der Waals surface area contributed by atoms with Crippen molar-refractivity contribution in [2.45, 2.75) is 19.4 Å². The topological polar surface area (TPSA) is 80.6 Å². The first kappa shape index (κ1) is 18.9. The van der Waals surface area contributed by atoms with Gasteiger partial charge in [0.1, 0.15) is 12.1 Å². The van der Waals surface area contributed by atoms with E-state index in [0.717, 1.165) is 5.52 Å². The first-order valence-electron chi connectivity index (χ1n) is 8.91. The summed E-state index contributed by atoms with van der Waals surface area (Å²) in [5, 5.41) is 8.12. The minimum absolute atomic E-state index is 0.0151. The average Bonchev–Trinajstić information content (AvgIpc) is 3.05. The quantitative estimate of drug-likeness (QED) is 0.572. The number of hydrogen-bond acceptors (Lipinski definition) is 5. The lowest BCUT2D eigenvalue weighted by molar-refractivity contribution is -0.138. The van der Waals surface area contributed by atoms with Crippen molar-refractivity contribution in [1.82, 2.24) is 24.8 Å². The van der Waals surface area contributed by atoms with Gasteiger partial charge in [0.2, 0.25) is 5.91 Å². The second-order valence-corrected chi connectivity index (χ2v) is 6.58. The van der Waals surface area contributed by atoms with Crippen molar-refractivity contribution in [1.29, 1.82) is 0 Å². The van der Waals surface area contributed by atoms with Gasteiger partial charge in [-0.1, -0.05) is 11.3 Å². The van der Waals surface area contributed by atoms with Crippen LogP contribution in [0.3, 0.4) is 0 Å². The largest absolute Gasteiger partial charge is 0.371 e. The third-order valence-electron chi connectivity index (χ3n) is 4.73. The molecule has 27 heavy (non-hydrogen) atoms. The Morgan fingerprint density at radius 3 is 2.93 bits per heavy atom. The van der Waals surface area contributed by atoms with Crippen molar-refractivity contribution in [2.24, 2.45) is 7.05 Å². The number of rotatable bonds is 5. The fourth-order valence-corrected chi connectivity index (χ4v) is 3.25. The number of nitrogens with zero attached hydrogens (tertiary/aromatic N) is 5. The molecule has 1 fully saturated rings. The van der Waals surface area contributed by atoms with Gasteiger partial charge in [-0.2, -0.15) is 0 Å². The smallest absolute Gasteiger partial charge is 0.256 e. The summed E-state index contributed by atoms with van der Waals surface area (Å²) in [7, 11) is 1.79. The van der Waals surface area contributed by atoms with Crippen molar-refractivity contribution in [3.63, 3.8) is 0 Å².